The number of methoxy groups -OCH3 is 3. The fourth-order valence-electron chi connectivity index (χ4n) is 3.91. The second-order valence-electron chi connectivity index (χ2n) is 7.96. The molecule has 0 aliphatic carbocycles. The molecule has 0 bridgehead atoms. The summed E-state index contributed by atoms with van der Waals surface area (Å²) in [7, 11) is 4.72. The van der Waals surface area contributed by atoms with E-state index in [1.165, 1.54) is 0 Å². The summed E-state index contributed by atoms with van der Waals surface area (Å²) in [5.74, 6) is 1.63. The Morgan fingerprint density at radius 1 is 0.886 bits per heavy atom. The number of carbonyl (C=O) groups is 1. The molecular weight excluding hydrogens is 442 g/mol. The number of rotatable bonds is 10. The van der Waals surface area contributed by atoms with Crippen LogP contribution in [0.25, 0.3) is 16.9 Å². The third-order valence-corrected chi connectivity index (χ3v) is 5.70. The summed E-state index contributed by atoms with van der Waals surface area (Å²) in [4.78, 5) is 12.7. The van der Waals surface area contributed by atoms with Crippen molar-refractivity contribution < 1.29 is 19.0 Å². The molecule has 0 atom stereocenters. The van der Waals surface area contributed by atoms with Crippen LogP contribution in [-0.4, -0.2) is 37.0 Å². The Morgan fingerprint density at radius 3 is 2.11 bits per heavy atom. The zero-order valence-electron chi connectivity index (χ0n) is 20.2. The Bertz CT molecular complexity index is 1250. The lowest BCUT2D eigenvalue weighted by molar-refractivity contribution is -0.121. The highest BCUT2D eigenvalue weighted by atomic mass is 16.5. The first-order chi connectivity index (χ1) is 17.1. The molecule has 3 aromatic carbocycles. The molecule has 4 rings (SSSR count). The van der Waals surface area contributed by atoms with Crippen LogP contribution in [-0.2, 0) is 17.8 Å². The van der Waals surface area contributed by atoms with Crippen LogP contribution in [0.3, 0.4) is 0 Å². The standard InChI is InChI=1S/C28H29N3O4/c1-33-24-16-20(17-25(34-2)28(24)35-3)14-15-26(32)29-18-22-19-31(23-12-8-5-9-13-23)30-27(22)21-10-6-4-7-11-21/h4-13,16-17,19H,14-15,18H2,1-3H3,(H,29,32). The van der Waals surface area contributed by atoms with Crippen molar-refractivity contribution in [2.24, 2.45) is 0 Å². The number of ether oxygens (including phenoxy) is 3. The first kappa shape index (κ1) is 23.9. The molecule has 1 heterocycles. The molecule has 1 aromatic heterocycles. The van der Waals surface area contributed by atoms with Crippen LogP contribution in [0.15, 0.2) is 79.0 Å². The highest BCUT2D eigenvalue weighted by molar-refractivity contribution is 5.76. The average molecular weight is 472 g/mol. The van der Waals surface area contributed by atoms with Gasteiger partial charge >= 0.3 is 0 Å². The number of aromatic nitrogens is 2. The highest BCUT2D eigenvalue weighted by Crippen LogP contribution is 2.38. The number of hydrogen-bond donors (Lipinski definition) is 1. The average Bonchev–Trinajstić information content (AvgIpc) is 3.35. The van der Waals surface area contributed by atoms with Crippen LogP contribution in [0.5, 0.6) is 17.2 Å². The van der Waals surface area contributed by atoms with Gasteiger partial charge in [-0.3, -0.25) is 4.79 Å². The summed E-state index contributed by atoms with van der Waals surface area (Å²) >= 11 is 0. The summed E-state index contributed by atoms with van der Waals surface area (Å²) in [6.07, 6.45) is 2.83. The number of amides is 1. The third kappa shape index (κ3) is 5.63. The maximum Gasteiger partial charge on any atom is 0.220 e. The second-order valence-corrected chi connectivity index (χ2v) is 7.96. The van der Waals surface area contributed by atoms with Crippen LogP contribution in [0.4, 0.5) is 0 Å². The number of para-hydroxylation sites is 1. The van der Waals surface area contributed by atoms with E-state index in [0.29, 0.717) is 36.6 Å². The fraction of sp³-hybridized carbons (Fsp3) is 0.214. The smallest absolute Gasteiger partial charge is 0.220 e. The predicted molar refractivity (Wildman–Crippen MR) is 135 cm³/mol. The summed E-state index contributed by atoms with van der Waals surface area (Å²) in [6, 6.07) is 23.6. The quantitative estimate of drug-likeness (QED) is 0.359. The Hall–Kier alpha value is -4.26. The lowest BCUT2D eigenvalue weighted by Gasteiger charge is -2.14. The Kier molecular flexibility index (Phi) is 7.67. The van der Waals surface area contributed by atoms with Gasteiger partial charge in [0.1, 0.15) is 0 Å². The van der Waals surface area contributed by atoms with Crippen LogP contribution in [0.2, 0.25) is 0 Å². The molecule has 4 aromatic rings. The summed E-state index contributed by atoms with van der Waals surface area (Å²) in [6.45, 7) is 0.380. The van der Waals surface area contributed by atoms with Crippen molar-refractivity contribution >= 4 is 5.91 Å². The molecule has 0 unspecified atom stereocenters. The molecule has 7 heteroatoms. The zero-order valence-corrected chi connectivity index (χ0v) is 20.2. The Balaban J connectivity index is 1.47. The van der Waals surface area contributed by atoms with Gasteiger partial charge in [-0.05, 0) is 36.2 Å². The summed E-state index contributed by atoms with van der Waals surface area (Å²) in [5.41, 5.74) is 4.69. The minimum absolute atomic E-state index is 0.0507. The van der Waals surface area contributed by atoms with Gasteiger partial charge in [-0.1, -0.05) is 48.5 Å². The molecular formula is C28H29N3O4. The zero-order chi connectivity index (χ0) is 24.6. The molecule has 0 spiro atoms. The van der Waals surface area contributed by atoms with Crippen LogP contribution >= 0.6 is 0 Å². The van der Waals surface area contributed by atoms with E-state index < -0.39 is 0 Å². The number of benzene rings is 3. The van der Waals surface area contributed by atoms with E-state index in [1.807, 2.05) is 83.7 Å². The van der Waals surface area contributed by atoms with Gasteiger partial charge in [-0.15, -0.1) is 0 Å². The first-order valence-electron chi connectivity index (χ1n) is 11.4. The maximum atomic E-state index is 12.7. The number of aryl methyl sites for hydroxylation is 1. The van der Waals surface area contributed by atoms with E-state index in [-0.39, 0.29) is 5.91 Å². The van der Waals surface area contributed by atoms with Crippen molar-refractivity contribution in [3.63, 3.8) is 0 Å². The lowest BCUT2D eigenvalue weighted by atomic mass is 10.1. The van der Waals surface area contributed by atoms with Gasteiger partial charge in [0.15, 0.2) is 11.5 Å². The highest BCUT2D eigenvalue weighted by Gasteiger charge is 2.15. The van der Waals surface area contributed by atoms with Gasteiger partial charge < -0.3 is 19.5 Å². The van der Waals surface area contributed by atoms with Crippen molar-refractivity contribution in [2.75, 3.05) is 21.3 Å². The van der Waals surface area contributed by atoms with Crippen molar-refractivity contribution in [2.45, 2.75) is 19.4 Å². The minimum atomic E-state index is -0.0507. The Morgan fingerprint density at radius 2 is 1.51 bits per heavy atom. The largest absolute Gasteiger partial charge is 0.493 e. The van der Waals surface area contributed by atoms with Crippen molar-refractivity contribution in [3.8, 4) is 34.2 Å². The summed E-state index contributed by atoms with van der Waals surface area (Å²) in [5, 5.41) is 7.85. The normalized spacial score (nSPS) is 10.6. The molecule has 35 heavy (non-hydrogen) atoms. The van der Waals surface area contributed by atoms with Crippen LogP contribution in [0, 0.1) is 0 Å². The molecule has 7 nitrogen and oxygen atoms in total. The topological polar surface area (TPSA) is 74.6 Å². The molecule has 0 saturated heterocycles. The van der Waals surface area contributed by atoms with Gasteiger partial charge in [0, 0.05) is 30.3 Å². The van der Waals surface area contributed by atoms with Gasteiger partial charge in [-0.2, -0.15) is 5.10 Å². The SMILES string of the molecule is COc1cc(CCC(=O)NCc2cn(-c3ccccc3)nc2-c2ccccc2)cc(OC)c1OC. The monoisotopic (exact) mass is 471 g/mol. The maximum absolute atomic E-state index is 12.7. The fourth-order valence-corrected chi connectivity index (χ4v) is 3.91. The molecule has 0 aliphatic heterocycles. The molecule has 0 radical (unpaired) electrons. The van der Waals surface area contributed by atoms with E-state index in [4.69, 9.17) is 19.3 Å². The lowest BCUT2D eigenvalue weighted by Crippen LogP contribution is -2.23. The van der Waals surface area contributed by atoms with Gasteiger partial charge in [0.25, 0.3) is 0 Å². The molecule has 0 aliphatic rings. The van der Waals surface area contributed by atoms with Crippen molar-refractivity contribution in [3.05, 3.63) is 90.1 Å². The number of carbonyl (C=O) groups excluding carboxylic acids is 1. The first-order valence-corrected chi connectivity index (χ1v) is 11.4. The molecule has 1 amide bonds. The van der Waals surface area contributed by atoms with Crippen molar-refractivity contribution in [1.29, 1.82) is 0 Å². The third-order valence-electron chi connectivity index (χ3n) is 5.70. The summed E-state index contributed by atoms with van der Waals surface area (Å²) < 4.78 is 18.0. The van der Waals surface area contributed by atoms with Gasteiger partial charge in [-0.25, -0.2) is 4.68 Å². The second kappa shape index (κ2) is 11.2. The van der Waals surface area contributed by atoms with Gasteiger partial charge in [0.2, 0.25) is 11.7 Å². The minimum Gasteiger partial charge on any atom is -0.493 e. The molecule has 0 saturated carbocycles. The Labute approximate surface area is 205 Å². The number of nitrogens with zero attached hydrogens (tertiary/aromatic N) is 2. The number of hydrogen-bond acceptors (Lipinski definition) is 5. The van der Waals surface area contributed by atoms with Crippen LogP contribution in [0.1, 0.15) is 17.5 Å². The molecule has 0 fully saturated rings. The molecule has 180 valence electrons. The van der Waals surface area contributed by atoms with Crippen LogP contribution < -0.4 is 19.5 Å². The van der Waals surface area contributed by atoms with E-state index in [1.54, 1.807) is 21.3 Å². The predicted octanol–water partition coefficient (Wildman–Crippen LogP) is 4.81. The van der Waals surface area contributed by atoms with E-state index in [0.717, 1.165) is 28.1 Å². The van der Waals surface area contributed by atoms with E-state index in [2.05, 4.69) is 5.32 Å². The van der Waals surface area contributed by atoms with E-state index in [9.17, 15) is 4.79 Å². The van der Waals surface area contributed by atoms with Gasteiger partial charge in [0.05, 0.1) is 32.7 Å². The number of nitrogens with one attached hydrogen (secondary N) is 1. The molecule has 1 N–H and O–H groups in total. The van der Waals surface area contributed by atoms with Crippen molar-refractivity contribution in [1.82, 2.24) is 15.1 Å². The van der Waals surface area contributed by atoms with E-state index >= 15 is 0 Å².